The maximum absolute atomic E-state index is 4.42. The van der Waals surface area contributed by atoms with E-state index in [1.165, 1.54) is 64.2 Å². The van der Waals surface area contributed by atoms with Crippen molar-refractivity contribution in [2.24, 2.45) is 0 Å². The maximum Gasteiger partial charge on any atom is 0.0949 e. The Morgan fingerprint density at radius 2 is 1.52 bits per heavy atom. The van der Waals surface area contributed by atoms with Crippen LogP contribution in [-0.2, 0) is 13.1 Å². The van der Waals surface area contributed by atoms with Gasteiger partial charge in [-0.2, -0.15) is 0 Å². The third kappa shape index (κ3) is 9.67. The first-order valence-corrected chi connectivity index (χ1v) is 9.08. The molecule has 3 heteroatoms. The van der Waals surface area contributed by atoms with E-state index in [9.17, 15) is 0 Å². The van der Waals surface area contributed by atoms with E-state index in [0.29, 0.717) is 0 Å². The second-order valence-electron chi connectivity index (χ2n) is 6.07. The fourth-order valence-corrected chi connectivity index (χ4v) is 2.65. The van der Waals surface area contributed by atoms with Crippen molar-refractivity contribution >= 4 is 0 Å². The van der Waals surface area contributed by atoms with Crippen LogP contribution in [0.2, 0.25) is 0 Å². The predicted molar refractivity (Wildman–Crippen MR) is 91.5 cm³/mol. The van der Waals surface area contributed by atoms with Gasteiger partial charge in [-0.05, 0) is 13.0 Å². The average molecular weight is 293 g/mol. The number of aromatic nitrogens is 2. The molecule has 0 aromatic carbocycles. The second-order valence-corrected chi connectivity index (χ2v) is 6.07. The highest BCUT2D eigenvalue weighted by molar-refractivity contribution is 4.95. The molecule has 1 heterocycles. The minimum Gasteiger partial charge on any atom is -0.337 e. The Balaban J connectivity index is 1.91. The molecular formula is C18H35N3. The number of imidazole rings is 1. The SMILES string of the molecule is CCCCCCCCCCCCn1cnc(CNCC)c1. The topological polar surface area (TPSA) is 29.9 Å². The number of hydrogen-bond acceptors (Lipinski definition) is 2. The van der Waals surface area contributed by atoms with Crippen molar-refractivity contribution < 1.29 is 0 Å². The molecule has 3 nitrogen and oxygen atoms in total. The van der Waals surface area contributed by atoms with Crippen LogP contribution in [-0.4, -0.2) is 16.1 Å². The zero-order valence-corrected chi connectivity index (χ0v) is 14.2. The van der Waals surface area contributed by atoms with Crippen LogP contribution in [0.25, 0.3) is 0 Å². The lowest BCUT2D eigenvalue weighted by atomic mass is 10.1. The summed E-state index contributed by atoms with van der Waals surface area (Å²) in [5, 5.41) is 3.31. The normalized spacial score (nSPS) is 11.1. The molecule has 1 aromatic rings. The Hall–Kier alpha value is -0.830. The fourth-order valence-electron chi connectivity index (χ4n) is 2.65. The third-order valence-corrected chi connectivity index (χ3v) is 4.01. The Kier molecular flexibility index (Phi) is 11.2. The van der Waals surface area contributed by atoms with E-state index in [2.05, 4.69) is 34.9 Å². The number of nitrogens with one attached hydrogen (secondary N) is 1. The van der Waals surface area contributed by atoms with Crippen LogP contribution in [0.4, 0.5) is 0 Å². The van der Waals surface area contributed by atoms with Gasteiger partial charge in [0.15, 0.2) is 0 Å². The highest BCUT2D eigenvalue weighted by atomic mass is 15.0. The standard InChI is InChI=1S/C18H35N3/c1-3-5-6-7-8-9-10-11-12-13-14-21-16-18(20-17-21)15-19-4-2/h16-17,19H,3-15H2,1-2H3. The Bertz CT molecular complexity index is 333. The monoisotopic (exact) mass is 293 g/mol. The van der Waals surface area contributed by atoms with E-state index in [0.717, 1.165) is 25.3 Å². The second kappa shape index (κ2) is 12.9. The number of rotatable bonds is 14. The van der Waals surface area contributed by atoms with Gasteiger partial charge in [0.05, 0.1) is 12.0 Å². The zero-order chi connectivity index (χ0) is 15.2. The van der Waals surface area contributed by atoms with Crippen LogP contribution in [0.1, 0.15) is 83.7 Å². The lowest BCUT2D eigenvalue weighted by Gasteiger charge is -2.03. The Morgan fingerprint density at radius 1 is 0.905 bits per heavy atom. The van der Waals surface area contributed by atoms with Crippen LogP contribution in [0.15, 0.2) is 12.5 Å². The molecule has 0 saturated carbocycles. The van der Waals surface area contributed by atoms with Crippen LogP contribution in [0.3, 0.4) is 0 Å². The summed E-state index contributed by atoms with van der Waals surface area (Å²) < 4.78 is 2.23. The molecule has 0 amide bonds. The third-order valence-electron chi connectivity index (χ3n) is 4.01. The quantitative estimate of drug-likeness (QED) is 0.494. The molecule has 0 aliphatic heterocycles. The van der Waals surface area contributed by atoms with E-state index in [-0.39, 0.29) is 0 Å². The smallest absolute Gasteiger partial charge is 0.0949 e. The molecule has 1 N–H and O–H groups in total. The van der Waals surface area contributed by atoms with E-state index in [1.54, 1.807) is 0 Å². The zero-order valence-electron chi connectivity index (χ0n) is 14.2. The van der Waals surface area contributed by atoms with Gasteiger partial charge in [0, 0.05) is 19.3 Å². The minimum atomic E-state index is 0.890. The minimum absolute atomic E-state index is 0.890. The van der Waals surface area contributed by atoms with Crippen LogP contribution in [0.5, 0.6) is 0 Å². The maximum atomic E-state index is 4.42. The molecule has 0 saturated heterocycles. The van der Waals surface area contributed by atoms with Gasteiger partial charge in [-0.25, -0.2) is 4.98 Å². The van der Waals surface area contributed by atoms with Crippen molar-refractivity contribution in [3.05, 3.63) is 18.2 Å². The molecule has 21 heavy (non-hydrogen) atoms. The van der Waals surface area contributed by atoms with E-state index in [1.807, 2.05) is 6.33 Å². The van der Waals surface area contributed by atoms with Gasteiger partial charge in [0.25, 0.3) is 0 Å². The van der Waals surface area contributed by atoms with Gasteiger partial charge in [0.1, 0.15) is 0 Å². The summed E-state index contributed by atoms with van der Waals surface area (Å²) in [6.45, 7) is 7.42. The van der Waals surface area contributed by atoms with Crippen LogP contribution < -0.4 is 5.32 Å². The van der Waals surface area contributed by atoms with Crippen molar-refractivity contribution in [3.8, 4) is 0 Å². The highest BCUT2D eigenvalue weighted by Crippen LogP contribution is 2.11. The molecule has 0 spiro atoms. The summed E-state index contributed by atoms with van der Waals surface area (Å²) in [7, 11) is 0. The molecule has 1 rings (SSSR count). The van der Waals surface area contributed by atoms with Crippen LogP contribution >= 0.6 is 0 Å². The summed E-state index contributed by atoms with van der Waals surface area (Å²) in [5.74, 6) is 0. The summed E-state index contributed by atoms with van der Waals surface area (Å²) in [5.41, 5.74) is 1.16. The number of aryl methyl sites for hydroxylation is 1. The molecule has 0 aliphatic rings. The van der Waals surface area contributed by atoms with Crippen LogP contribution in [0, 0.1) is 0 Å². The molecule has 0 atom stereocenters. The highest BCUT2D eigenvalue weighted by Gasteiger charge is 1.98. The summed E-state index contributed by atoms with van der Waals surface area (Å²) in [6, 6.07) is 0. The average Bonchev–Trinajstić information content (AvgIpc) is 2.95. The Labute approximate surface area is 131 Å². The molecule has 0 aliphatic carbocycles. The lowest BCUT2D eigenvalue weighted by Crippen LogP contribution is -2.11. The molecule has 1 aromatic heterocycles. The summed E-state index contributed by atoms with van der Waals surface area (Å²) >= 11 is 0. The molecule has 0 fully saturated rings. The first-order chi connectivity index (χ1) is 10.4. The summed E-state index contributed by atoms with van der Waals surface area (Å²) in [4.78, 5) is 4.42. The van der Waals surface area contributed by atoms with Crippen molar-refractivity contribution in [1.82, 2.24) is 14.9 Å². The van der Waals surface area contributed by atoms with Gasteiger partial charge < -0.3 is 9.88 Å². The van der Waals surface area contributed by atoms with E-state index < -0.39 is 0 Å². The van der Waals surface area contributed by atoms with Crippen molar-refractivity contribution in [2.45, 2.75) is 91.1 Å². The molecule has 0 unspecified atom stereocenters. The summed E-state index contributed by atoms with van der Waals surface area (Å²) in [6.07, 6.45) is 18.1. The number of nitrogens with zero attached hydrogens (tertiary/aromatic N) is 2. The van der Waals surface area contributed by atoms with Gasteiger partial charge in [-0.15, -0.1) is 0 Å². The number of hydrogen-bond donors (Lipinski definition) is 1. The van der Waals surface area contributed by atoms with Gasteiger partial charge >= 0.3 is 0 Å². The van der Waals surface area contributed by atoms with E-state index >= 15 is 0 Å². The van der Waals surface area contributed by atoms with Gasteiger partial charge in [-0.3, -0.25) is 0 Å². The van der Waals surface area contributed by atoms with Gasteiger partial charge in [0.2, 0.25) is 0 Å². The largest absolute Gasteiger partial charge is 0.337 e. The molecule has 0 radical (unpaired) electrons. The van der Waals surface area contributed by atoms with Crippen molar-refractivity contribution in [1.29, 1.82) is 0 Å². The molecule has 0 bridgehead atoms. The van der Waals surface area contributed by atoms with Crippen molar-refractivity contribution in [3.63, 3.8) is 0 Å². The first-order valence-electron chi connectivity index (χ1n) is 9.08. The lowest BCUT2D eigenvalue weighted by molar-refractivity contribution is 0.534. The molecular weight excluding hydrogens is 258 g/mol. The van der Waals surface area contributed by atoms with E-state index in [4.69, 9.17) is 0 Å². The Morgan fingerprint density at radius 3 is 2.14 bits per heavy atom. The predicted octanol–water partition coefficient (Wildman–Crippen LogP) is 4.91. The number of unbranched alkanes of at least 4 members (excludes halogenated alkanes) is 9. The fraction of sp³-hybridized carbons (Fsp3) is 0.833. The molecule has 122 valence electrons. The van der Waals surface area contributed by atoms with Crippen molar-refractivity contribution in [2.75, 3.05) is 6.54 Å². The first kappa shape index (κ1) is 18.2. The van der Waals surface area contributed by atoms with Gasteiger partial charge in [-0.1, -0.05) is 71.6 Å².